The topological polar surface area (TPSA) is 62.6 Å². The summed E-state index contributed by atoms with van der Waals surface area (Å²) in [6.45, 7) is 7.37. The molecule has 162 valence electrons. The van der Waals surface area contributed by atoms with Gasteiger partial charge in [0.15, 0.2) is 0 Å². The number of aryl methyl sites for hydroxylation is 3. The summed E-state index contributed by atoms with van der Waals surface area (Å²) >= 11 is 0. The van der Waals surface area contributed by atoms with Crippen molar-refractivity contribution >= 4 is 15.9 Å². The van der Waals surface area contributed by atoms with Crippen LogP contribution in [0, 0.1) is 20.8 Å². The lowest BCUT2D eigenvalue weighted by atomic mass is 10.1. The smallest absolute Gasteiger partial charge is 0.253 e. The molecular weight excluding hydrogens is 410 g/mol. The van der Waals surface area contributed by atoms with Gasteiger partial charge in [0.1, 0.15) is 0 Å². The second-order valence-corrected chi connectivity index (χ2v) is 9.95. The molecule has 7 heteroatoms. The molecule has 0 saturated carbocycles. The van der Waals surface area contributed by atoms with Crippen LogP contribution in [-0.2, 0) is 10.0 Å². The van der Waals surface area contributed by atoms with E-state index in [0.717, 1.165) is 22.6 Å². The quantitative estimate of drug-likeness (QED) is 0.627. The third-order valence-corrected chi connectivity index (χ3v) is 7.74. The molecule has 2 aromatic carbocycles. The number of rotatable bonds is 4. The highest BCUT2D eigenvalue weighted by Crippen LogP contribution is 2.20. The summed E-state index contributed by atoms with van der Waals surface area (Å²) in [6, 6.07) is 18.6. The van der Waals surface area contributed by atoms with Gasteiger partial charge in [0.25, 0.3) is 5.91 Å². The van der Waals surface area contributed by atoms with Crippen LogP contribution in [0.2, 0.25) is 0 Å². The lowest BCUT2D eigenvalue weighted by molar-refractivity contribution is 0.0698. The van der Waals surface area contributed by atoms with Gasteiger partial charge in [-0.3, -0.25) is 4.79 Å². The first-order valence-corrected chi connectivity index (χ1v) is 11.8. The van der Waals surface area contributed by atoms with Crippen LogP contribution < -0.4 is 0 Å². The summed E-state index contributed by atoms with van der Waals surface area (Å²) < 4.78 is 29.3. The van der Waals surface area contributed by atoms with Crippen molar-refractivity contribution in [2.45, 2.75) is 25.7 Å². The van der Waals surface area contributed by atoms with E-state index in [2.05, 4.69) is 30.5 Å². The summed E-state index contributed by atoms with van der Waals surface area (Å²) in [5, 5.41) is 0. The fourth-order valence-electron chi connectivity index (χ4n) is 4.00. The van der Waals surface area contributed by atoms with Gasteiger partial charge in [-0.05, 0) is 69.3 Å². The van der Waals surface area contributed by atoms with Gasteiger partial charge in [0.2, 0.25) is 10.0 Å². The molecule has 3 aromatic rings. The van der Waals surface area contributed by atoms with E-state index in [-0.39, 0.29) is 5.91 Å². The van der Waals surface area contributed by atoms with Crippen molar-refractivity contribution in [1.82, 2.24) is 13.8 Å². The predicted octanol–water partition coefficient (Wildman–Crippen LogP) is 3.55. The molecule has 0 N–H and O–H groups in total. The van der Waals surface area contributed by atoms with Gasteiger partial charge in [-0.1, -0.05) is 17.7 Å². The maximum Gasteiger partial charge on any atom is 0.253 e. The predicted molar refractivity (Wildman–Crippen MR) is 121 cm³/mol. The molecule has 1 fully saturated rings. The Kier molecular flexibility index (Phi) is 5.73. The highest BCUT2D eigenvalue weighted by molar-refractivity contribution is 7.89. The Hall–Kier alpha value is -2.90. The molecule has 6 nitrogen and oxygen atoms in total. The number of hydrogen-bond donors (Lipinski definition) is 0. The summed E-state index contributed by atoms with van der Waals surface area (Å²) in [5.41, 5.74) is 4.93. The Balaban J connectivity index is 1.43. The number of carbonyl (C=O) groups excluding carboxylic acids is 1. The second-order valence-electron chi connectivity index (χ2n) is 8.01. The van der Waals surface area contributed by atoms with Gasteiger partial charge in [-0.2, -0.15) is 4.31 Å². The molecule has 0 spiro atoms. The van der Waals surface area contributed by atoms with E-state index >= 15 is 0 Å². The molecule has 1 saturated heterocycles. The van der Waals surface area contributed by atoms with Crippen molar-refractivity contribution in [1.29, 1.82) is 0 Å². The van der Waals surface area contributed by atoms with Gasteiger partial charge >= 0.3 is 0 Å². The molecule has 0 bridgehead atoms. The van der Waals surface area contributed by atoms with Crippen LogP contribution >= 0.6 is 0 Å². The number of hydrogen-bond acceptors (Lipinski definition) is 3. The summed E-state index contributed by atoms with van der Waals surface area (Å²) in [5.74, 6) is -0.0696. The third-order valence-electron chi connectivity index (χ3n) is 5.83. The summed E-state index contributed by atoms with van der Waals surface area (Å²) in [7, 11) is -3.54. The number of amides is 1. The maximum absolute atomic E-state index is 12.9. The Morgan fingerprint density at radius 3 is 1.84 bits per heavy atom. The minimum atomic E-state index is -3.54. The monoisotopic (exact) mass is 437 g/mol. The highest BCUT2D eigenvalue weighted by atomic mass is 32.2. The van der Waals surface area contributed by atoms with Crippen molar-refractivity contribution in [3.05, 3.63) is 83.2 Å². The van der Waals surface area contributed by atoms with Gasteiger partial charge in [-0.15, -0.1) is 0 Å². The molecular formula is C24H27N3O3S. The Morgan fingerprint density at radius 2 is 1.29 bits per heavy atom. The van der Waals surface area contributed by atoms with E-state index < -0.39 is 10.0 Å². The molecule has 2 heterocycles. The van der Waals surface area contributed by atoms with Crippen molar-refractivity contribution in [3.8, 4) is 5.69 Å². The van der Waals surface area contributed by atoms with Crippen LogP contribution in [0.4, 0.5) is 0 Å². The molecule has 0 aliphatic carbocycles. The van der Waals surface area contributed by atoms with Crippen molar-refractivity contribution in [3.63, 3.8) is 0 Å². The van der Waals surface area contributed by atoms with Crippen LogP contribution in [-0.4, -0.2) is 54.3 Å². The maximum atomic E-state index is 12.9. The van der Waals surface area contributed by atoms with E-state index in [1.165, 1.54) is 4.31 Å². The minimum absolute atomic E-state index is 0.0696. The third kappa shape index (κ3) is 4.16. The first-order valence-electron chi connectivity index (χ1n) is 10.4. The average molecular weight is 438 g/mol. The zero-order chi connectivity index (χ0) is 22.2. The number of nitrogens with zero attached hydrogens (tertiary/aromatic N) is 3. The molecule has 1 amide bonds. The molecule has 31 heavy (non-hydrogen) atoms. The van der Waals surface area contributed by atoms with Crippen molar-refractivity contribution < 1.29 is 13.2 Å². The van der Waals surface area contributed by atoms with Gasteiger partial charge in [0.05, 0.1) is 4.90 Å². The summed E-state index contributed by atoms with van der Waals surface area (Å²) in [4.78, 5) is 15.0. The van der Waals surface area contributed by atoms with E-state index in [4.69, 9.17) is 0 Å². The van der Waals surface area contributed by atoms with Crippen molar-refractivity contribution in [2.75, 3.05) is 26.2 Å². The molecule has 0 unspecified atom stereocenters. The van der Waals surface area contributed by atoms with Crippen LogP contribution in [0.3, 0.4) is 0 Å². The largest absolute Gasteiger partial charge is 0.336 e. The second kappa shape index (κ2) is 8.32. The molecule has 1 aliphatic heterocycles. The lowest BCUT2D eigenvalue weighted by Crippen LogP contribution is -2.50. The zero-order valence-corrected chi connectivity index (χ0v) is 18.9. The highest BCUT2D eigenvalue weighted by Gasteiger charge is 2.30. The number of benzene rings is 2. The number of carbonyl (C=O) groups is 1. The SMILES string of the molecule is Cc1ccc(S(=O)(=O)N2CCN(C(=O)c3ccc(-n4c(C)ccc4C)cc3)CC2)cc1. The van der Waals surface area contributed by atoms with Gasteiger partial charge in [0, 0.05) is 48.8 Å². The Bertz CT molecular complexity index is 1170. The molecule has 0 radical (unpaired) electrons. The first-order chi connectivity index (χ1) is 14.8. The molecule has 4 rings (SSSR count). The van der Waals surface area contributed by atoms with E-state index in [0.29, 0.717) is 36.6 Å². The van der Waals surface area contributed by atoms with E-state index in [1.807, 2.05) is 31.2 Å². The summed E-state index contributed by atoms with van der Waals surface area (Å²) in [6.07, 6.45) is 0. The lowest BCUT2D eigenvalue weighted by Gasteiger charge is -2.34. The number of aromatic nitrogens is 1. The Morgan fingerprint density at radius 1 is 0.742 bits per heavy atom. The minimum Gasteiger partial charge on any atom is -0.336 e. The van der Waals surface area contributed by atoms with Gasteiger partial charge in [-0.25, -0.2) is 8.42 Å². The number of sulfonamides is 1. The standard InChI is InChI=1S/C24H27N3O3S/c1-18-4-12-23(13-5-18)31(29,30)26-16-14-25(15-17-26)24(28)21-8-10-22(11-9-21)27-19(2)6-7-20(27)3/h4-13H,14-17H2,1-3H3. The number of piperazine rings is 1. The zero-order valence-electron chi connectivity index (χ0n) is 18.1. The van der Waals surface area contributed by atoms with Crippen LogP contribution in [0.1, 0.15) is 27.3 Å². The molecule has 1 aliphatic rings. The fraction of sp³-hybridized carbons (Fsp3) is 0.292. The average Bonchev–Trinajstić information content (AvgIpc) is 3.11. The van der Waals surface area contributed by atoms with Crippen LogP contribution in [0.25, 0.3) is 5.69 Å². The Labute approximate surface area is 183 Å². The molecule has 0 atom stereocenters. The van der Waals surface area contributed by atoms with E-state index in [1.54, 1.807) is 29.2 Å². The normalized spacial score (nSPS) is 15.3. The van der Waals surface area contributed by atoms with Crippen molar-refractivity contribution in [2.24, 2.45) is 0 Å². The molecule has 1 aromatic heterocycles. The van der Waals surface area contributed by atoms with Crippen LogP contribution in [0.5, 0.6) is 0 Å². The first kappa shape index (κ1) is 21.3. The van der Waals surface area contributed by atoms with E-state index in [9.17, 15) is 13.2 Å². The van der Waals surface area contributed by atoms with Crippen LogP contribution in [0.15, 0.2) is 65.6 Å². The fourth-order valence-corrected chi connectivity index (χ4v) is 5.42. The van der Waals surface area contributed by atoms with Gasteiger partial charge < -0.3 is 9.47 Å².